The molecule has 1 aromatic carbocycles. The monoisotopic (exact) mass is 266 g/mol. The smallest absolute Gasteiger partial charge is 0.245 e. The molecule has 1 N–H and O–H groups in total. The van der Waals surface area contributed by atoms with Crippen LogP contribution >= 0.6 is 0 Å². The van der Waals surface area contributed by atoms with Crippen LogP contribution in [-0.4, -0.2) is 16.7 Å². The van der Waals surface area contributed by atoms with Crippen molar-refractivity contribution >= 4 is 23.1 Å². The number of nitrogens with zero attached hydrogens (tertiary/aromatic N) is 3. The minimum absolute atomic E-state index is 0.0132. The van der Waals surface area contributed by atoms with Gasteiger partial charge in [0.25, 0.3) is 0 Å². The third-order valence-corrected chi connectivity index (χ3v) is 3.07. The van der Waals surface area contributed by atoms with E-state index in [2.05, 4.69) is 15.4 Å². The molecular formula is C15H14N4O. The number of benzene rings is 1. The Balaban J connectivity index is 2.08. The minimum atomic E-state index is -0.0132. The number of nitrogens with one attached hydrogen (secondary N) is 1. The summed E-state index contributed by atoms with van der Waals surface area (Å²) in [5.74, 6) is 0.633. The molecule has 20 heavy (non-hydrogen) atoms. The number of amidine groups is 1. The van der Waals surface area contributed by atoms with Crippen LogP contribution in [0.3, 0.4) is 0 Å². The first-order valence-corrected chi connectivity index (χ1v) is 6.47. The van der Waals surface area contributed by atoms with Crippen molar-refractivity contribution in [1.82, 2.24) is 10.4 Å². The first-order chi connectivity index (χ1) is 9.79. The van der Waals surface area contributed by atoms with E-state index in [0.29, 0.717) is 17.9 Å². The maximum atomic E-state index is 12.1. The molecule has 2 aromatic rings. The molecule has 100 valence electrons. The topological polar surface area (TPSA) is 57.6 Å². The zero-order chi connectivity index (χ0) is 13.9. The van der Waals surface area contributed by atoms with Crippen LogP contribution in [0, 0.1) is 0 Å². The van der Waals surface area contributed by atoms with Gasteiger partial charge in [-0.1, -0.05) is 37.3 Å². The van der Waals surface area contributed by atoms with Crippen LogP contribution in [0.5, 0.6) is 0 Å². The third-order valence-electron chi connectivity index (χ3n) is 3.07. The van der Waals surface area contributed by atoms with Gasteiger partial charge < -0.3 is 0 Å². The number of carbonyl (C=O) groups excluding carboxylic acids is 1. The van der Waals surface area contributed by atoms with E-state index < -0.39 is 0 Å². The van der Waals surface area contributed by atoms with Crippen molar-refractivity contribution in [1.29, 1.82) is 0 Å². The van der Waals surface area contributed by atoms with Crippen LogP contribution in [-0.2, 0) is 4.79 Å². The quantitative estimate of drug-likeness (QED) is 0.908. The molecule has 1 aliphatic heterocycles. The Labute approximate surface area is 116 Å². The van der Waals surface area contributed by atoms with Crippen molar-refractivity contribution in [3.05, 3.63) is 54.4 Å². The van der Waals surface area contributed by atoms with E-state index in [-0.39, 0.29) is 5.91 Å². The van der Waals surface area contributed by atoms with Crippen molar-refractivity contribution in [3.63, 3.8) is 0 Å². The number of carbonyl (C=O) groups is 1. The summed E-state index contributed by atoms with van der Waals surface area (Å²) >= 11 is 0. The van der Waals surface area contributed by atoms with Crippen molar-refractivity contribution < 1.29 is 4.79 Å². The highest BCUT2D eigenvalue weighted by Crippen LogP contribution is 2.30. The maximum absolute atomic E-state index is 12.1. The van der Waals surface area contributed by atoms with Gasteiger partial charge in [-0.15, -0.1) is 0 Å². The molecular weight excluding hydrogens is 252 g/mol. The number of amides is 1. The number of pyridine rings is 1. The molecule has 0 saturated carbocycles. The fraction of sp³-hybridized carbons (Fsp3) is 0.133. The van der Waals surface area contributed by atoms with Crippen LogP contribution in [0.4, 0.5) is 11.4 Å². The highest BCUT2D eigenvalue weighted by molar-refractivity contribution is 6.09. The summed E-state index contributed by atoms with van der Waals surface area (Å²) in [6.07, 6.45) is 3.73. The van der Waals surface area contributed by atoms with E-state index in [1.807, 2.05) is 37.3 Å². The van der Waals surface area contributed by atoms with E-state index in [0.717, 1.165) is 11.3 Å². The van der Waals surface area contributed by atoms with Crippen LogP contribution in [0.1, 0.15) is 18.9 Å². The Bertz CT molecular complexity index is 667. The van der Waals surface area contributed by atoms with Crippen LogP contribution in [0.15, 0.2) is 53.8 Å². The summed E-state index contributed by atoms with van der Waals surface area (Å²) in [4.78, 5) is 20.7. The predicted molar refractivity (Wildman–Crippen MR) is 77.8 cm³/mol. The van der Waals surface area contributed by atoms with E-state index in [1.165, 1.54) is 5.01 Å². The van der Waals surface area contributed by atoms with E-state index in [9.17, 15) is 4.79 Å². The van der Waals surface area contributed by atoms with E-state index >= 15 is 0 Å². The van der Waals surface area contributed by atoms with Gasteiger partial charge in [-0.3, -0.25) is 15.2 Å². The molecule has 0 saturated heterocycles. The summed E-state index contributed by atoms with van der Waals surface area (Å²) < 4.78 is 0. The second-order valence-electron chi connectivity index (χ2n) is 4.39. The molecule has 3 rings (SSSR count). The van der Waals surface area contributed by atoms with Gasteiger partial charge >= 0.3 is 0 Å². The van der Waals surface area contributed by atoms with Crippen molar-refractivity contribution in [2.24, 2.45) is 4.99 Å². The zero-order valence-corrected chi connectivity index (χ0v) is 11.1. The molecule has 5 heteroatoms. The Hall–Kier alpha value is -2.69. The molecule has 0 atom stereocenters. The normalized spacial score (nSPS) is 13.2. The molecule has 0 bridgehead atoms. The summed E-state index contributed by atoms with van der Waals surface area (Å²) in [5, 5.41) is 1.53. The average Bonchev–Trinajstić information content (AvgIpc) is 2.54. The predicted octanol–water partition coefficient (Wildman–Crippen LogP) is 2.42. The fourth-order valence-electron chi connectivity index (χ4n) is 2.05. The minimum Gasteiger partial charge on any atom is -0.274 e. The third kappa shape index (κ3) is 2.14. The van der Waals surface area contributed by atoms with Gasteiger partial charge in [-0.2, -0.15) is 0 Å². The number of hydrogen-bond acceptors (Lipinski definition) is 4. The number of aromatic nitrogens is 1. The highest BCUT2D eigenvalue weighted by atomic mass is 16.2. The lowest BCUT2D eigenvalue weighted by Crippen LogP contribution is -2.48. The number of rotatable bonds is 2. The summed E-state index contributed by atoms with van der Waals surface area (Å²) in [5.41, 5.74) is 5.42. The summed E-state index contributed by atoms with van der Waals surface area (Å²) in [6, 6.07) is 11.5. The first-order valence-electron chi connectivity index (χ1n) is 6.47. The van der Waals surface area contributed by atoms with E-state index in [4.69, 9.17) is 0 Å². The molecule has 0 unspecified atom stereocenters. The SMILES string of the molecule is CCC(=O)N1NC(c2ccccc2)=Nc2cnccc21. The molecule has 1 amide bonds. The average molecular weight is 266 g/mol. The lowest BCUT2D eigenvalue weighted by atomic mass is 10.2. The molecule has 2 heterocycles. The second-order valence-corrected chi connectivity index (χ2v) is 4.39. The van der Waals surface area contributed by atoms with Gasteiger partial charge in [0.05, 0.1) is 11.9 Å². The molecule has 1 aromatic heterocycles. The van der Waals surface area contributed by atoms with Crippen molar-refractivity contribution in [3.8, 4) is 0 Å². The lowest BCUT2D eigenvalue weighted by molar-refractivity contribution is -0.118. The Morgan fingerprint density at radius 1 is 1.25 bits per heavy atom. The van der Waals surface area contributed by atoms with Gasteiger partial charge in [0, 0.05) is 18.2 Å². The molecule has 0 fully saturated rings. The van der Waals surface area contributed by atoms with Crippen LogP contribution < -0.4 is 10.4 Å². The Morgan fingerprint density at radius 3 is 2.80 bits per heavy atom. The number of fused-ring (bicyclic) bond motifs is 1. The molecule has 1 aliphatic rings. The van der Waals surface area contributed by atoms with Gasteiger partial charge in [0.1, 0.15) is 5.69 Å². The van der Waals surface area contributed by atoms with Gasteiger partial charge in [-0.05, 0) is 6.07 Å². The first kappa shape index (κ1) is 12.3. The Kier molecular flexibility index (Phi) is 3.16. The molecule has 0 aliphatic carbocycles. The fourth-order valence-corrected chi connectivity index (χ4v) is 2.05. The zero-order valence-electron chi connectivity index (χ0n) is 11.1. The van der Waals surface area contributed by atoms with Crippen LogP contribution in [0.2, 0.25) is 0 Å². The molecule has 0 radical (unpaired) electrons. The largest absolute Gasteiger partial charge is 0.274 e. The van der Waals surface area contributed by atoms with Crippen molar-refractivity contribution in [2.75, 3.05) is 5.01 Å². The van der Waals surface area contributed by atoms with Gasteiger partial charge in [0.15, 0.2) is 5.84 Å². The number of hydrogen-bond donors (Lipinski definition) is 1. The summed E-state index contributed by atoms with van der Waals surface area (Å²) in [6.45, 7) is 1.83. The summed E-state index contributed by atoms with van der Waals surface area (Å²) in [7, 11) is 0. The molecule has 0 spiro atoms. The van der Waals surface area contributed by atoms with E-state index in [1.54, 1.807) is 18.5 Å². The standard InChI is InChI=1S/C15H14N4O/c1-2-14(20)19-13-8-9-16-10-12(13)17-15(18-19)11-6-4-3-5-7-11/h3-10H,2H2,1H3,(H,17,18). The highest BCUT2D eigenvalue weighted by Gasteiger charge is 2.23. The number of anilines is 1. The molecule has 5 nitrogen and oxygen atoms in total. The lowest BCUT2D eigenvalue weighted by Gasteiger charge is -2.29. The number of aliphatic imine (C=N–C) groups is 1. The Morgan fingerprint density at radius 2 is 2.05 bits per heavy atom. The van der Waals surface area contributed by atoms with Crippen LogP contribution in [0.25, 0.3) is 0 Å². The maximum Gasteiger partial charge on any atom is 0.245 e. The second kappa shape index (κ2) is 5.13. The van der Waals surface area contributed by atoms with Gasteiger partial charge in [0.2, 0.25) is 5.91 Å². The van der Waals surface area contributed by atoms with Crippen molar-refractivity contribution in [2.45, 2.75) is 13.3 Å². The van der Waals surface area contributed by atoms with Gasteiger partial charge in [-0.25, -0.2) is 10.0 Å². The number of hydrazine groups is 1.